The average Bonchev–Trinajstić information content (AvgIpc) is 2.46. The highest BCUT2D eigenvalue weighted by Crippen LogP contribution is 2.07. The van der Waals surface area contributed by atoms with Crippen molar-refractivity contribution in [2.45, 2.75) is 13.5 Å². The van der Waals surface area contributed by atoms with Gasteiger partial charge in [-0.2, -0.15) is 0 Å². The van der Waals surface area contributed by atoms with Gasteiger partial charge < -0.3 is 4.43 Å². The minimum absolute atomic E-state index is 1.29. The van der Waals surface area contributed by atoms with E-state index in [1.54, 1.807) is 0 Å². The summed E-state index contributed by atoms with van der Waals surface area (Å²) < 4.78 is 6.11. The first-order valence-corrected chi connectivity index (χ1v) is 8.58. The van der Waals surface area contributed by atoms with Crippen molar-refractivity contribution in [3.63, 3.8) is 0 Å². The molecular weight excluding hydrogens is 236 g/mol. The van der Waals surface area contributed by atoms with E-state index in [-0.39, 0.29) is 0 Å². The molecular formula is C16H18OSi. The first-order valence-electron chi connectivity index (χ1n) is 6.17. The quantitative estimate of drug-likeness (QED) is 0.602. The molecule has 2 aromatic carbocycles. The summed E-state index contributed by atoms with van der Waals surface area (Å²) in [5.74, 6) is 0. The van der Waals surface area contributed by atoms with Crippen LogP contribution in [0.1, 0.15) is 6.92 Å². The summed E-state index contributed by atoms with van der Waals surface area (Å²) in [6.45, 7) is 4.21. The highest BCUT2D eigenvalue weighted by molar-refractivity contribution is 6.96. The average molecular weight is 254 g/mol. The molecule has 18 heavy (non-hydrogen) atoms. The van der Waals surface area contributed by atoms with Crippen molar-refractivity contribution in [1.29, 1.82) is 0 Å². The molecule has 0 bridgehead atoms. The summed E-state index contributed by atoms with van der Waals surface area (Å²) in [5, 5.41) is 2.57. The second-order valence-corrected chi connectivity index (χ2v) is 7.81. The molecule has 2 heteroatoms. The molecule has 0 amide bonds. The van der Waals surface area contributed by atoms with Gasteiger partial charge in [-0.3, -0.25) is 0 Å². The van der Waals surface area contributed by atoms with E-state index < -0.39 is 8.32 Å². The fraction of sp³-hybridized carbons (Fsp3) is 0.125. The molecule has 0 N–H and O–H groups in total. The molecule has 0 saturated carbocycles. The Morgan fingerprint density at radius 1 is 0.833 bits per heavy atom. The molecule has 0 aliphatic carbocycles. The predicted octanol–water partition coefficient (Wildman–Crippen LogP) is 2.93. The van der Waals surface area contributed by atoms with Crippen LogP contribution in [0.4, 0.5) is 0 Å². The van der Waals surface area contributed by atoms with E-state index in [9.17, 15) is 0 Å². The van der Waals surface area contributed by atoms with Crippen LogP contribution in [0.15, 0.2) is 73.0 Å². The van der Waals surface area contributed by atoms with Crippen LogP contribution in [0, 0.1) is 0 Å². The van der Waals surface area contributed by atoms with Crippen LogP contribution >= 0.6 is 0 Å². The van der Waals surface area contributed by atoms with Crippen LogP contribution in [0.5, 0.6) is 0 Å². The molecule has 2 aromatic rings. The summed E-state index contributed by atoms with van der Waals surface area (Å²) in [4.78, 5) is 0. The monoisotopic (exact) mass is 254 g/mol. The maximum Gasteiger partial charge on any atom is 0.310 e. The second-order valence-electron chi connectivity index (χ2n) is 4.35. The predicted molar refractivity (Wildman–Crippen MR) is 79.7 cm³/mol. The summed E-state index contributed by atoms with van der Waals surface area (Å²) in [6.07, 6.45) is 3.75. The molecule has 2 rings (SSSR count). The third-order valence-electron chi connectivity index (χ3n) is 3.09. The van der Waals surface area contributed by atoms with Crippen LogP contribution in [0.3, 0.4) is 0 Å². The van der Waals surface area contributed by atoms with Crippen molar-refractivity contribution in [2.24, 2.45) is 0 Å². The molecule has 1 nitrogen and oxygen atoms in total. The molecule has 0 heterocycles. The van der Waals surface area contributed by atoms with Crippen LogP contribution in [0.25, 0.3) is 0 Å². The van der Waals surface area contributed by atoms with Gasteiger partial charge in [-0.15, -0.1) is 0 Å². The van der Waals surface area contributed by atoms with Gasteiger partial charge in [0.1, 0.15) is 0 Å². The highest BCUT2D eigenvalue weighted by Gasteiger charge is 2.34. The van der Waals surface area contributed by atoms with Gasteiger partial charge >= 0.3 is 8.32 Å². The molecule has 92 valence electrons. The minimum atomic E-state index is -2.11. The van der Waals surface area contributed by atoms with Crippen molar-refractivity contribution >= 4 is 18.7 Å². The molecule has 0 fully saturated rings. The summed E-state index contributed by atoms with van der Waals surface area (Å²) in [7, 11) is -2.11. The Balaban J connectivity index is 2.47. The van der Waals surface area contributed by atoms with E-state index in [4.69, 9.17) is 4.43 Å². The van der Waals surface area contributed by atoms with E-state index in [1.165, 1.54) is 10.4 Å². The zero-order valence-corrected chi connectivity index (χ0v) is 11.8. The van der Waals surface area contributed by atoms with Gasteiger partial charge in [-0.1, -0.05) is 66.7 Å². The van der Waals surface area contributed by atoms with E-state index in [2.05, 4.69) is 55.1 Å². The van der Waals surface area contributed by atoms with Crippen molar-refractivity contribution in [3.8, 4) is 0 Å². The maximum atomic E-state index is 6.11. The van der Waals surface area contributed by atoms with Crippen LogP contribution in [0.2, 0.25) is 6.55 Å². The molecule has 0 aromatic heterocycles. The summed E-state index contributed by atoms with van der Waals surface area (Å²) in [5.41, 5.74) is 0. The lowest BCUT2D eigenvalue weighted by molar-refractivity contribution is 0.491. The van der Waals surface area contributed by atoms with Crippen LogP contribution < -0.4 is 10.4 Å². The highest BCUT2D eigenvalue weighted by atomic mass is 28.4. The van der Waals surface area contributed by atoms with Gasteiger partial charge in [-0.25, -0.2) is 0 Å². The zero-order valence-electron chi connectivity index (χ0n) is 10.8. The van der Waals surface area contributed by atoms with Crippen molar-refractivity contribution < 1.29 is 4.43 Å². The molecule has 0 saturated heterocycles. The Morgan fingerprint density at radius 3 is 1.67 bits per heavy atom. The standard InChI is InChI=1S/C16H18OSi/c1-3-14-17-18(2,15-10-6-4-7-11-15)16-12-8-5-9-13-16/h3-14H,1-2H3/b14-3-. The lowest BCUT2D eigenvalue weighted by atomic mass is 10.4. The Morgan fingerprint density at radius 2 is 1.28 bits per heavy atom. The van der Waals surface area contributed by atoms with E-state index in [0.717, 1.165) is 0 Å². The van der Waals surface area contributed by atoms with Gasteiger partial charge in [0, 0.05) is 0 Å². The van der Waals surface area contributed by atoms with Crippen LogP contribution in [-0.4, -0.2) is 8.32 Å². The normalized spacial score (nSPS) is 11.7. The topological polar surface area (TPSA) is 9.23 Å². The second kappa shape index (κ2) is 5.69. The summed E-state index contributed by atoms with van der Waals surface area (Å²) >= 11 is 0. The largest absolute Gasteiger partial charge is 0.541 e. The van der Waals surface area contributed by atoms with Crippen molar-refractivity contribution in [2.75, 3.05) is 0 Å². The van der Waals surface area contributed by atoms with E-state index in [0.29, 0.717) is 0 Å². The van der Waals surface area contributed by atoms with Crippen LogP contribution in [-0.2, 0) is 4.43 Å². The molecule has 0 spiro atoms. The number of hydrogen-bond acceptors (Lipinski definition) is 1. The molecule has 0 radical (unpaired) electrons. The van der Waals surface area contributed by atoms with E-state index in [1.807, 2.05) is 31.4 Å². The van der Waals surface area contributed by atoms with Gasteiger partial charge in [-0.05, 0) is 23.8 Å². The maximum absolute atomic E-state index is 6.11. The van der Waals surface area contributed by atoms with Gasteiger partial charge in [0.05, 0.1) is 6.26 Å². The number of allylic oxidation sites excluding steroid dienone is 1. The molecule has 0 atom stereocenters. The third-order valence-corrected chi connectivity index (χ3v) is 6.57. The zero-order chi connectivity index (χ0) is 12.8. The summed E-state index contributed by atoms with van der Waals surface area (Å²) in [6, 6.07) is 21.0. The fourth-order valence-corrected chi connectivity index (χ4v) is 4.69. The van der Waals surface area contributed by atoms with Crippen molar-refractivity contribution in [3.05, 3.63) is 73.0 Å². The smallest absolute Gasteiger partial charge is 0.310 e. The van der Waals surface area contributed by atoms with E-state index >= 15 is 0 Å². The lowest BCUT2D eigenvalue weighted by Crippen LogP contribution is -2.57. The first kappa shape index (κ1) is 12.6. The number of benzene rings is 2. The third kappa shape index (κ3) is 2.54. The Bertz CT molecular complexity index is 466. The number of hydrogen-bond donors (Lipinski definition) is 0. The lowest BCUT2D eigenvalue weighted by Gasteiger charge is -2.27. The molecule has 0 aliphatic heterocycles. The fourth-order valence-electron chi connectivity index (χ4n) is 2.02. The van der Waals surface area contributed by atoms with Gasteiger partial charge in [0.2, 0.25) is 0 Å². The number of rotatable bonds is 4. The molecule has 0 unspecified atom stereocenters. The van der Waals surface area contributed by atoms with Crippen molar-refractivity contribution in [1.82, 2.24) is 0 Å². The Labute approximate surface area is 110 Å². The van der Waals surface area contributed by atoms with Gasteiger partial charge in [0.15, 0.2) is 0 Å². The Hall–Kier alpha value is -1.80. The first-order chi connectivity index (χ1) is 8.77. The molecule has 0 aliphatic rings. The SMILES string of the molecule is C/C=C\O[Si](C)(c1ccccc1)c1ccccc1. The Kier molecular flexibility index (Phi) is 4.00. The minimum Gasteiger partial charge on any atom is -0.541 e. The van der Waals surface area contributed by atoms with Gasteiger partial charge in [0.25, 0.3) is 0 Å².